The number of benzene rings is 3. The van der Waals surface area contributed by atoms with Gasteiger partial charge < -0.3 is 15.4 Å². The predicted octanol–water partition coefficient (Wildman–Crippen LogP) is 6.29. The maximum atomic E-state index is 13.8. The summed E-state index contributed by atoms with van der Waals surface area (Å²) in [5.74, 6) is -0.885. The highest BCUT2D eigenvalue weighted by Crippen LogP contribution is 2.30. The third-order valence-corrected chi connectivity index (χ3v) is 6.21. The van der Waals surface area contributed by atoms with Gasteiger partial charge in [-0.1, -0.05) is 23.7 Å². The number of rotatable bonds is 7. The van der Waals surface area contributed by atoms with Gasteiger partial charge in [0.05, 0.1) is 23.4 Å². The van der Waals surface area contributed by atoms with Gasteiger partial charge in [0, 0.05) is 21.5 Å². The Hall–Kier alpha value is -2.88. The van der Waals surface area contributed by atoms with E-state index in [1.54, 1.807) is 24.3 Å². The first kappa shape index (κ1) is 23.8. The average molecular weight is 492 g/mol. The number of methoxy groups -OCH3 is 1. The molecule has 6 nitrogen and oxygen atoms in total. The van der Waals surface area contributed by atoms with E-state index >= 15 is 0 Å². The van der Waals surface area contributed by atoms with Crippen molar-refractivity contribution in [2.45, 2.75) is 9.79 Å². The lowest BCUT2D eigenvalue weighted by Crippen LogP contribution is -2.23. The topological polar surface area (TPSA) is 79.5 Å². The van der Waals surface area contributed by atoms with Crippen LogP contribution in [0.2, 0.25) is 5.02 Å². The van der Waals surface area contributed by atoms with E-state index in [4.69, 9.17) is 16.3 Å². The van der Waals surface area contributed by atoms with Crippen LogP contribution in [0.4, 0.5) is 20.6 Å². The molecule has 0 aliphatic rings. The van der Waals surface area contributed by atoms with Gasteiger partial charge in [0.1, 0.15) is 11.6 Å². The number of ether oxygens (including phenoxy) is 1. The molecular formula is C22H19ClFN3O3S2. The van der Waals surface area contributed by atoms with Gasteiger partial charge in [-0.2, -0.15) is 0 Å². The quantitative estimate of drug-likeness (QED) is 0.267. The van der Waals surface area contributed by atoms with E-state index in [1.165, 1.54) is 43.1 Å². The highest BCUT2D eigenvalue weighted by atomic mass is 35.5. The number of hydrogen-bond acceptors (Lipinski definition) is 5. The molecule has 0 bridgehead atoms. The minimum absolute atomic E-state index is 0.0734. The lowest BCUT2D eigenvalue weighted by molar-refractivity contribution is 0.102. The van der Waals surface area contributed by atoms with Crippen molar-refractivity contribution in [1.29, 1.82) is 0 Å². The number of amides is 3. The van der Waals surface area contributed by atoms with Gasteiger partial charge in [-0.15, -0.1) is 11.8 Å². The van der Waals surface area contributed by atoms with Gasteiger partial charge in [-0.25, -0.2) is 9.18 Å². The summed E-state index contributed by atoms with van der Waals surface area (Å²) in [6.07, 6.45) is 1.93. The average Bonchev–Trinajstić information content (AvgIpc) is 2.79. The van der Waals surface area contributed by atoms with Crippen molar-refractivity contribution in [2.24, 2.45) is 0 Å². The predicted molar refractivity (Wildman–Crippen MR) is 129 cm³/mol. The molecule has 3 amide bonds. The van der Waals surface area contributed by atoms with Crippen molar-refractivity contribution in [1.82, 2.24) is 4.72 Å². The Balaban J connectivity index is 1.63. The molecule has 0 fully saturated rings. The maximum Gasteiger partial charge on any atom is 0.329 e. The van der Waals surface area contributed by atoms with Gasteiger partial charge in [0.2, 0.25) is 0 Å². The SMILES string of the molecule is COc1cc(NC(=O)c2ccccc2F)ccc1NC(=O)NSc1ccc(SC)c(Cl)c1. The summed E-state index contributed by atoms with van der Waals surface area (Å²) < 4.78 is 21.8. The maximum absolute atomic E-state index is 13.8. The fraction of sp³-hybridized carbons (Fsp3) is 0.0909. The standard InChI is InChI=1S/C22H19ClFN3O3S2/c1-30-19-11-13(25-21(28)15-5-3-4-6-17(15)24)7-9-18(19)26-22(29)27-32-14-8-10-20(31-2)16(23)12-14/h3-12H,1-2H3,(H,25,28)(H2,26,27,29). The highest BCUT2D eigenvalue weighted by Gasteiger charge is 2.14. The fourth-order valence-corrected chi connectivity index (χ4v) is 4.19. The summed E-state index contributed by atoms with van der Waals surface area (Å²) in [5, 5.41) is 5.91. The lowest BCUT2D eigenvalue weighted by atomic mass is 10.2. The van der Waals surface area contributed by atoms with Gasteiger partial charge in [-0.05, 0) is 60.7 Å². The summed E-state index contributed by atoms with van der Waals surface area (Å²) in [4.78, 5) is 26.3. The van der Waals surface area contributed by atoms with Crippen molar-refractivity contribution < 1.29 is 18.7 Å². The van der Waals surface area contributed by atoms with E-state index < -0.39 is 17.8 Å². The van der Waals surface area contributed by atoms with Crippen molar-refractivity contribution in [3.8, 4) is 5.75 Å². The zero-order valence-corrected chi connectivity index (χ0v) is 19.5. The largest absolute Gasteiger partial charge is 0.494 e. The van der Waals surface area contributed by atoms with Crippen LogP contribution in [0.15, 0.2) is 70.5 Å². The zero-order valence-electron chi connectivity index (χ0n) is 17.1. The monoisotopic (exact) mass is 491 g/mol. The number of anilines is 2. The summed E-state index contributed by atoms with van der Waals surface area (Å²) in [7, 11) is 1.44. The molecule has 3 aromatic carbocycles. The van der Waals surface area contributed by atoms with Crippen molar-refractivity contribution in [3.63, 3.8) is 0 Å². The van der Waals surface area contributed by atoms with E-state index in [0.717, 1.165) is 21.7 Å². The van der Waals surface area contributed by atoms with E-state index in [2.05, 4.69) is 15.4 Å². The van der Waals surface area contributed by atoms with Crippen LogP contribution in [-0.4, -0.2) is 25.3 Å². The first-order valence-corrected chi connectivity index (χ1v) is 11.6. The Labute approximate surface area is 198 Å². The molecule has 3 rings (SSSR count). The van der Waals surface area contributed by atoms with Crippen molar-refractivity contribution in [2.75, 3.05) is 24.0 Å². The summed E-state index contributed by atoms with van der Waals surface area (Å²) in [6.45, 7) is 0. The molecule has 0 unspecified atom stereocenters. The molecule has 0 radical (unpaired) electrons. The van der Waals surface area contributed by atoms with E-state index in [0.29, 0.717) is 22.1 Å². The Bertz CT molecular complexity index is 1150. The molecule has 0 saturated carbocycles. The molecule has 0 heterocycles. The summed E-state index contributed by atoms with van der Waals surface area (Å²) in [5.41, 5.74) is 0.708. The minimum atomic E-state index is -0.617. The summed E-state index contributed by atoms with van der Waals surface area (Å²) in [6, 6.07) is 15.4. The second-order valence-corrected chi connectivity index (χ2v) is 8.44. The Morgan fingerprint density at radius 3 is 2.50 bits per heavy atom. The Kier molecular flexibility index (Phi) is 8.26. The third-order valence-electron chi connectivity index (χ3n) is 4.21. The van der Waals surface area contributed by atoms with Crippen LogP contribution in [0, 0.1) is 5.82 Å². The normalized spacial score (nSPS) is 10.4. The number of carbonyl (C=O) groups excluding carboxylic acids is 2. The van der Waals surface area contributed by atoms with E-state index in [1.807, 2.05) is 18.4 Å². The van der Waals surface area contributed by atoms with E-state index in [-0.39, 0.29) is 5.56 Å². The molecule has 0 aliphatic heterocycles. The van der Waals surface area contributed by atoms with Crippen LogP contribution in [0.3, 0.4) is 0 Å². The van der Waals surface area contributed by atoms with Crippen LogP contribution >= 0.6 is 35.3 Å². The Morgan fingerprint density at radius 1 is 1.03 bits per heavy atom. The number of carbonyl (C=O) groups is 2. The van der Waals surface area contributed by atoms with Gasteiger partial charge in [0.25, 0.3) is 5.91 Å². The number of nitrogens with one attached hydrogen (secondary N) is 3. The number of urea groups is 1. The molecule has 0 atom stereocenters. The van der Waals surface area contributed by atoms with E-state index in [9.17, 15) is 14.0 Å². The highest BCUT2D eigenvalue weighted by molar-refractivity contribution is 7.99. The van der Waals surface area contributed by atoms with Crippen LogP contribution in [-0.2, 0) is 0 Å². The lowest BCUT2D eigenvalue weighted by Gasteiger charge is -2.13. The minimum Gasteiger partial charge on any atom is -0.494 e. The molecule has 0 aliphatic carbocycles. The Morgan fingerprint density at radius 2 is 1.81 bits per heavy atom. The first-order valence-electron chi connectivity index (χ1n) is 9.22. The molecular weight excluding hydrogens is 473 g/mol. The molecule has 10 heteroatoms. The summed E-state index contributed by atoms with van der Waals surface area (Å²) >= 11 is 8.84. The fourth-order valence-electron chi connectivity index (χ4n) is 2.68. The van der Waals surface area contributed by atoms with Gasteiger partial charge in [-0.3, -0.25) is 9.52 Å². The van der Waals surface area contributed by atoms with Crippen LogP contribution in [0.5, 0.6) is 5.75 Å². The van der Waals surface area contributed by atoms with Gasteiger partial charge in [0.15, 0.2) is 0 Å². The smallest absolute Gasteiger partial charge is 0.329 e. The molecule has 0 spiro atoms. The van der Waals surface area contributed by atoms with Crippen LogP contribution in [0.1, 0.15) is 10.4 Å². The number of halogens is 2. The van der Waals surface area contributed by atoms with Crippen molar-refractivity contribution in [3.05, 3.63) is 77.1 Å². The zero-order chi connectivity index (χ0) is 23.1. The molecule has 0 aromatic heterocycles. The number of hydrogen-bond donors (Lipinski definition) is 3. The second kappa shape index (κ2) is 11.1. The molecule has 3 N–H and O–H groups in total. The number of thioether (sulfide) groups is 1. The van der Waals surface area contributed by atoms with Crippen molar-refractivity contribution >= 4 is 58.6 Å². The van der Waals surface area contributed by atoms with Crippen LogP contribution < -0.4 is 20.1 Å². The first-order chi connectivity index (χ1) is 15.4. The second-order valence-electron chi connectivity index (χ2n) is 6.30. The van der Waals surface area contributed by atoms with Gasteiger partial charge >= 0.3 is 6.03 Å². The molecule has 166 valence electrons. The molecule has 0 saturated heterocycles. The van der Waals surface area contributed by atoms with Crippen LogP contribution in [0.25, 0.3) is 0 Å². The molecule has 32 heavy (non-hydrogen) atoms. The molecule has 3 aromatic rings. The third kappa shape index (κ3) is 6.09.